The molecule has 0 aliphatic carbocycles. The van der Waals surface area contributed by atoms with E-state index in [-0.39, 0.29) is 5.91 Å². The van der Waals surface area contributed by atoms with Crippen LogP contribution in [0.4, 0.5) is 0 Å². The Morgan fingerprint density at radius 2 is 2.05 bits per heavy atom. The molecule has 0 spiro atoms. The summed E-state index contributed by atoms with van der Waals surface area (Å²) in [4.78, 5) is 24.5. The molecule has 20 heavy (non-hydrogen) atoms. The van der Waals surface area contributed by atoms with Crippen LogP contribution in [0, 0.1) is 0 Å². The highest BCUT2D eigenvalue weighted by molar-refractivity contribution is 5.94. The minimum atomic E-state index is -0.920. The smallest absolute Gasteiger partial charge is 0.326 e. The normalized spacial score (nSPS) is 18.6. The van der Waals surface area contributed by atoms with Gasteiger partial charge in [-0.2, -0.15) is 0 Å². The van der Waals surface area contributed by atoms with E-state index in [1.54, 1.807) is 6.08 Å². The van der Waals surface area contributed by atoms with Gasteiger partial charge in [0.15, 0.2) is 0 Å². The van der Waals surface area contributed by atoms with Gasteiger partial charge in [0.2, 0.25) is 5.91 Å². The fraction of sp³-hybridized carbons (Fsp3) is 0.375. The van der Waals surface area contributed by atoms with Crippen molar-refractivity contribution in [3.05, 3.63) is 41.5 Å². The van der Waals surface area contributed by atoms with E-state index < -0.39 is 12.0 Å². The number of nitrogens with zero attached hydrogens (tertiary/aromatic N) is 1. The van der Waals surface area contributed by atoms with E-state index >= 15 is 0 Å². The van der Waals surface area contributed by atoms with E-state index in [2.05, 4.69) is 6.92 Å². The third kappa shape index (κ3) is 3.26. The number of aliphatic carboxylic acids is 1. The van der Waals surface area contributed by atoms with Crippen molar-refractivity contribution in [2.75, 3.05) is 6.54 Å². The van der Waals surface area contributed by atoms with Crippen LogP contribution in [0.3, 0.4) is 0 Å². The minimum absolute atomic E-state index is 0.227. The average molecular weight is 273 g/mol. The van der Waals surface area contributed by atoms with Crippen LogP contribution >= 0.6 is 0 Å². The molecule has 0 saturated carbocycles. The topological polar surface area (TPSA) is 57.6 Å². The number of benzene rings is 1. The van der Waals surface area contributed by atoms with E-state index in [1.807, 2.05) is 24.3 Å². The lowest BCUT2D eigenvalue weighted by Gasteiger charge is -2.19. The van der Waals surface area contributed by atoms with Gasteiger partial charge >= 0.3 is 5.97 Å². The van der Waals surface area contributed by atoms with Gasteiger partial charge in [-0.25, -0.2) is 4.79 Å². The second kappa shape index (κ2) is 6.37. The zero-order chi connectivity index (χ0) is 14.5. The van der Waals surface area contributed by atoms with Gasteiger partial charge in [-0.05, 0) is 36.5 Å². The van der Waals surface area contributed by atoms with Gasteiger partial charge in [-0.1, -0.05) is 31.2 Å². The van der Waals surface area contributed by atoms with E-state index in [4.69, 9.17) is 5.11 Å². The van der Waals surface area contributed by atoms with Crippen molar-refractivity contribution in [3.8, 4) is 0 Å². The van der Waals surface area contributed by atoms with Crippen molar-refractivity contribution >= 4 is 18.0 Å². The van der Waals surface area contributed by atoms with Crippen LogP contribution in [-0.4, -0.2) is 34.5 Å². The molecule has 0 radical (unpaired) electrons. The first kappa shape index (κ1) is 14.3. The predicted molar refractivity (Wildman–Crippen MR) is 77.2 cm³/mol. The standard InChI is InChI=1S/C16H19NO3/c1-2-12-5-7-13(8-6-12)9-10-15(18)17-11-3-4-14(17)16(19)20/h5-10,14H,2-4,11H2,1H3,(H,19,20)/b10-9+. The fourth-order valence-corrected chi connectivity index (χ4v) is 2.41. The van der Waals surface area contributed by atoms with Crippen molar-refractivity contribution in [3.63, 3.8) is 0 Å². The third-order valence-corrected chi connectivity index (χ3v) is 3.63. The van der Waals surface area contributed by atoms with E-state index in [1.165, 1.54) is 16.5 Å². The van der Waals surface area contributed by atoms with Gasteiger partial charge in [-0.3, -0.25) is 4.79 Å². The number of hydrogen-bond donors (Lipinski definition) is 1. The molecule has 2 rings (SSSR count). The molecular formula is C16H19NO3. The summed E-state index contributed by atoms with van der Waals surface area (Å²) in [6.07, 6.45) is 5.47. The number of likely N-dealkylation sites (tertiary alicyclic amines) is 1. The summed E-state index contributed by atoms with van der Waals surface area (Å²) in [5, 5.41) is 9.06. The highest BCUT2D eigenvalue weighted by atomic mass is 16.4. The summed E-state index contributed by atoms with van der Waals surface area (Å²) in [6.45, 7) is 2.61. The summed E-state index contributed by atoms with van der Waals surface area (Å²) in [7, 11) is 0. The van der Waals surface area contributed by atoms with Gasteiger partial charge < -0.3 is 10.0 Å². The molecule has 1 aromatic carbocycles. The number of rotatable bonds is 4. The molecule has 1 aliphatic heterocycles. The Balaban J connectivity index is 2.02. The lowest BCUT2D eigenvalue weighted by Crippen LogP contribution is -2.39. The maximum absolute atomic E-state index is 12.0. The molecular weight excluding hydrogens is 254 g/mol. The van der Waals surface area contributed by atoms with Gasteiger partial charge in [-0.15, -0.1) is 0 Å². The number of carboxylic acid groups (broad SMARTS) is 1. The molecule has 1 fully saturated rings. The molecule has 1 amide bonds. The molecule has 1 heterocycles. The van der Waals surface area contributed by atoms with Crippen molar-refractivity contribution < 1.29 is 14.7 Å². The molecule has 1 N–H and O–H groups in total. The first-order valence-electron chi connectivity index (χ1n) is 6.92. The SMILES string of the molecule is CCc1ccc(/C=C/C(=O)N2CCCC2C(=O)O)cc1. The summed E-state index contributed by atoms with van der Waals surface area (Å²) in [6, 6.07) is 7.30. The largest absolute Gasteiger partial charge is 0.480 e. The molecule has 1 saturated heterocycles. The molecule has 0 bridgehead atoms. The lowest BCUT2D eigenvalue weighted by molar-refractivity contribution is -0.146. The van der Waals surface area contributed by atoms with E-state index in [0.29, 0.717) is 13.0 Å². The molecule has 4 heteroatoms. The molecule has 1 aliphatic rings. The maximum atomic E-state index is 12.0. The number of hydrogen-bond acceptors (Lipinski definition) is 2. The number of amides is 1. The summed E-state index contributed by atoms with van der Waals surface area (Å²) >= 11 is 0. The number of aryl methyl sites for hydroxylation is 1. The Labute approximate surface area is 118 Å². The summed E-state index contributed by atoms with van der Waals surface area (Å²) in [5.74, 6) is -1.15. The van der Waals surface area contributed by atoms with Crippen molar-refractivity contribution in [2.24, 2.45) is 0 Å². The molecule has 0 aromatic heterocycles. The second-order valence-corrected chi connectivity index (χ2v) is 4.96. The van der Waals surface area contributed by atoms with E-state index in [0.717, 1.165) is 18.4 Å². The van der Waals surface area contributed by atoms with Crippen LogP contribution in [-0.2, 0) is 16.0 Å². The Bertz CT molecular complexity index is 519. The van der Waals surface area contributed by atoms with Gasteiger partial charge in [0.1, 0.15) is 6.04 Å². The monoisotopic (exact) mass is 273 g/mol. The van der Waals surface area contributed by atoms with Crippen LogP contribution in [0.1, 0.15) is 30.9 Å². The van der Waals surface area contributed by atoms with Gasteiger partial charge in [0.25, 0.3) is 0 Å². The lowest BCUT2D eigenvalue weighted by atomic mass is 10.1. The van der Waals surface area contributed by atoms with Crippen molar-refractivity contribution in [2.45, 2.75) is 32.2 Å². The van der Waals surface area contributed by atoms with Crippen LogP contribution < -0.4 is 0 Å². The molecule has 1 aromatic rings. The summed E-state index contributed by atoms with van der Waals surface area (Å²) in [5.41, 5.74) is 2.19. The Kier molecular flexibility index (Phi) is 4.56. The molecule has 106 valence electrons. The van der Waals surface area contributed by atoms with Gasteiger partial charge in [0, 0.05) is 12.6 Å². The molecule has 4 nitrogen and oxygen atoms in total. The predicted octanol–water partition coefficient (Wildman–Crippen LogP) is 2.34. The van der Waals surface area contributed by atoms with Crippen LogP contribution in [0.15, 0.2) is 30.3 Å². The zero-order valence-corrected chi connectivity index (χ0v) is 11.6. The Morgan fingerprint density at radius 1 is 1.35 bits per heavy atom. The van der Waals surface area contributed by atoms with Crippen molar-refractivity contribution in [1.82, 2.24) is 4.90 Å². The first-order valence-corrected chi connectivity index (χ1v) is 6.92. The van der Waals surface area contributed by atoms with Crippen LogP contribution in [0.5, 0.6) is 0 Å². The Hall–Kier alpha value is -2.10. The minimum Gasteiger partial charge on any atom is -0.480 e. The molecule has 1 unspecified atom stereocenters. The van der Waals surface area contributed by atoms with E-state index in [9.17, 15) is 9.59 Å². The Morgan fingerprint density at radius 3 is 2.65 bits per heavy atom. The second-order valence-electron chi connectivity index (χ2n) is 4.96. The zero-order valence-electron chi connectivity index (χ0n) is 11.6. The highest BCUT2D eigenvalue weighted by Crippen LogP contribution is 2.18. The number of carboxylic acids is 1. The molecule has 1 atom stereocenters. The number of carbonyl (C=O) groups excluding carboxylic acids is 1. The van der Waals surface area contributed by atoms with Gasteiger partial charge in [0.05, 0.1) is 0 Å². The summed E-state index contributed by atoms with van der Waals surface area (Å²) < 4.78 is 0. The van der Waals surface area contributed by atoms with Crippen molar-refractivity contribution in [1.29, 1.82) is 0 Å². The fourth-order valence-electron chi connectivity index (χ4n) is 2.41. The first-order chi connectivity index (χ1) is 9.61. The van der Waals surface area contributed by atoms with Crippen LogP contribution in [0.25, 0.3) is 6.08 Å². The van der Waals surface area contributed by atoms with Crippen LogP contribution in [0.2, 0.25) is 0 Å². The number of carbonyl (C=O) groups is 2. The maximum Gasteiger partial charge on any atom is 0.326 e. The quantitative estimate of drug-likeness (QED) is 0.857. The third-order valence-electron chi connectivity index (χ3n) is 3.63. The average Bonchev–Trinajstić information content (AvgIpc) is 2.95. The highest BCUT2D eigenvalue weighted by Gasteiger charge is 2.32.